The highest BCUT2D eigenvalue weighted by atomic mass is 15.2. The molecule has 6 aromatic heterocycles. The van der Waals surface area contributed by atoms with Crippen LogP contribution in [0.2, 0.25) is 0 Å². The van der Waals surface area contributed by atoms with Gasteiger partial charge in [-0.2, -0.15) is 9.97 Å². The smallest absolute Gasteiger partial charge is 0.238 e. The average molecular weight is 742 g/mol. The van der Waals surface area contributed by atoms with E-state index in [2.05, 4.69) is 146 Å². The zero-order valence-corrected chi connectivity index (χ0v) is 31.0. The van der Waals surface area contributed by atoms with Crippen molar-refractivity contribution in [2.45, 2.75) is 0 Å². The highest BCUT2D eigenvalue weighted by molar-refractivity contribution is 6.28. The molecule has 0 aliphatic carbocycles. The average Bonchev–Trinajstić information content (AvgIpc) is 3.86. The van der Waals surface area contributed by atoms with Gasteiger partial charge in [0.25, 0.3) is 0 Å². The molecule has 7 nitrogen and oxygen atoms in total. The molecule has 12 rings (SSSR count). The molecule has 0 aliphatic rings. The molecule has 0 bridgehead atoms. The lowest BCUT2D eigenvalue weighted by molar-refractivity contribution is 0.955. The second-order valence-electron chi connectivity index (χ2n) is 14.6. The fourth-order valence-electron chi connectivity index (χ4n) is 8.67. The Bertz CT molecular complexity index is 3470. The van der Waals surface area contributed by atoms with E-state index in [0.717, 1.165) is 66.4 Å². The number of hydrogen-bond acceptors (Lipinski definition) is 5. The van der Waals surface area contributed by atoms with E-state index in [1.54, 1.807) is 0 Å². The Labute approximate surface area is 332 Å². The monoisotopic (exact) mass is 741 g/mol. The second kappa shape index (κ2) is 12.8. The standard InChI is InChI=1S/C51H31N7/c1-4-22-43-34(13-1)31-46-47-39(37-18-2-5-23-44(37)57(43)46)25-26-40-38-19-3-6-24-45(38)58(48(40)47)51-55-49(35-16-11-14-32(29-35)41-20-7-9-27-52-41)54-50(56-51)36-17-12-15-33(30-36)42-21-8-10-28-53-42/h1-31H. The fourth-order valence-corrected chi connectivity index (χ4v) is 8.67. The lowest BCUT2D eigenvalue weighted by atomic mass is 10.0. The molecule has 0 saturated carbocycles. The minimum absolute atomic E-state index is 0.535. The van der Waals surface area contributed by atoms with Gasteiger partial charge in [0.2, 0.25) is 5.95 Å². The molecule has 0 aliphatic heterocycles. The van der Waals surface area contributed by atoms with Crippen molar-refractivity contribution in [2.24, 2.45) is 0 Å². The summed E-state index contributed by atoms with van der Waals surface area (Å²) in [4.78, 5) is 25.3. The van der Waals surface area contributed by atoms with Crippen LogP contribution in [0, 0.1) is 0 Å². The van der Waals surface area contributed by atoms with E-state index in [4.69, 9.17) is 15.0 Å². The van der Waals surface area contributed by atoms with Gasteiger partial charge in [0, 0.05) is 61.6 Å². The molecular weight excluding hydrogens is 711 g/mol. The molecule has 58 heavy (non-hydrogen) atoms. The molecular formula is C51H31N7. The van der Waals surface area contributed by atoms with E-state index in [9.17, 15) is 0 Å². The summed E-state index contributed by atoms with van der Waals surface area (Å²) in [5.41, 5.74) is 11.0. The SMILES string of the molecule is c1ccc(-c2cccc(-c3nc(-c4cccc(-c5ccccn5)c4)nc(-n4c5ccccc5c5ccc6c7ccccc7n7c8ccccc8cc7c6c54)n3)c2)nc1. The van der Waals surface area contributed by atoms with E-state index in [1.807, 2.05) is 60.9 Å². The van der Waals surface area contributed by atoms with E-state index >= 15 is 0 Å². The van der Waals surface area contributed by atoms with Crippen LogP contribution < -0.4 is 0 Å². The molecule has 0 N–H and O–H groups in total. The lowest BCUT2D eigenvalue weighted by Crippen LogP contribution is -2.07. The lowest BCUT2D eigenvalue weighted by Gasteiger charge is -2.15. The van der Waals surface area contributed by atoms with Crippen molar-refractivity contribution < 1.29 is 0 Å². The van der Waals surface area contributed by atoms with Crippen molar-refractivity contribution >= 4 is 59.9 Å². The van der Waals surface area contributed by atoms with Gasteiger partial charge >= 0.3 is 0 Å². The molecule has 270 valence electrons. The number of para-hydroxylation sites is 3. The first-order valence-corrected chi connectivity index (χ1v) is 19.3. The van der Waals surface area contributed by atoms with E-state index in [1.165, 1.54) is 27.2 Å². The number of aromatic nitrogens is 7. The maximum absolute atomic E-state index is 5.38. The van der Waals surface area contributed by atoms with Crippen LogP contribution in [0.5, 0.6) is 0 Å². The van der Waals surface area contributed by atoms with Crippen LogP contribution in [0.3, 0.4) is 0 Å². The molecule has 12 aromatic rings. The predicted octanol–water partition coefficient (Wildman–Crippen LogP) is 12.1. The zero-order valence-electron chi connectivity index (χ0n) is 31.0. The number of nitrogens with zero attached hydrogens (tertiary/aromatic N) is 7. The normalized spacial score (nSPS) is 11.8. The number of fused-ring (bicyclic) bond motifs is 12. The quantitative estimate of drug-likeness (QED) is 0.164. The number of rotatable bonds is 5. The van der Waals surface area contributed by atoms with E-state index < -0.39 is 0 Å². The highest BCUT2D eigenvalue weighted by Crippen LogP contribution is 2.42. The van der Waals surface area contributed by atoms with Crippen molar-refractivity contribution in [2.75, 3.05) is 0 Å². The third-order valence-corrected chi connectivity index (χ3v) is 11.2. The Kier molecular flexibility index (Phi) is 7.09. The Morgan fingerprint density at radius 2 is 0.914 bits per heavy atom. The molecule has 0 unspecified atom stereocenters. The van der Waals surface area contributed by atoms with Gasteiger partial charge in [-0.3, -0.25) is 14.5 Å². The summed E-state index contributed by atoms with van der Waals surface area (Å²) in [6.07, 6.45) is 3.63. The van der Waals surface area contributed by atoms with Crippen LogP contribution in [0.25, 0.3) is 111 Å². The van der Waals surface area contributed by atoms with Gasteiger partial charge in [0.1, 0.15) is 0 Å². The summed E-state index contributed by atoms with van der Waals surface area (Å²) in [7, 11) is 0. The van der Waals surface area contributed by atoms with Crippen LogP contribution in [0.15, 0.2) is 188 Å². The summed E-state index contributed by atoms with van der Waals surface area (Å²) in [6.45, 7) is 0. The topological polar surface area (TPSA) is 73.8 Å². The van der Waals surface area contributed by atoms with Gasteiger partial charge in [0.15, 0.2) is 11.6 Å². The van der Waals surface area contributed by atoms with Gasteiger partial charge in [-0.15, -0.1) is 0 Å². The van der Waals surface area contributed by atoms with Gasteiger partial charge in [-0.05, 0) is 66.0 Å². The molecule has 6 aromatic carbocycles. The summed E-state index contributed by atoms with van der Waals surface area (Å²) in [5, 5.41) is 6.93. The molecule has 7 heteroatoms. The molecule has 0 fully saturated rings. The molecule has 0 amide bonds. The summed E-state index contributed by atoms with van der Waals surface area (Å²) < 4.78 is 4.66. The van der Waals surface area contributed by atoms with Crippen molar-refractivity contribution in [1.82, 2.24) is 33.9 Å². The first-order valence-electron chi connectivity index (χ1n) is 19.3. The summed E-state index contributed by atoms with van der Waals surface area (Å²) in [6, 6.07) is 61.2. The molecule has 0 atom stereocenters. The largest absolute Gasteiger partial charge is 0.309 e. The van der Waals surface area contributed by atoms with E-state index in [-0.39, 0.29) is 0 Å². The molecule has 0 radical (unpaired) electrons. The minimum atomic E-state index is 0.535. The van der Waals surface area contributed by atoms with Crippen LogP contribution in [0.1, 0.15) is 0 Å². The molecule has 6 heterocycles. The first-order chi connectivity index (χ1) is 28.8. The third-order valence-electron chi connectivity index (χ3n) is 11.2. The van der Waals surface area contributed by atoms with Gasteiger partial charge in [-0.25, -0.2) is 4.98 Å². The van der Waals surface area contributed by atoms with Gasteiger partial charge in [0.05, 0.1) is 39.0 Å². The van der Waals surface area contributed by atoms with Crippen molar-refractivity contribution in [3.05, 3.63) is 188 Å². The Hall–Kier alpha value is -8.03. The first kappa shape index (κ1) is 32.2. The van der Waals surface area contributed by atoms with Crippen LogP contribution >= 0.6 is 0 Å². The van der Waals surface area contributed by atoms with Gasteiger partial charge < -0.3 is 4.40 Å². The maximum atomic E-state index is 5.38. The van der Waals surface area contributed by atoms with Gasteiger partial charge in [-0.1, -0.05) is 115 Å². The molecule has 0 spiro atoms. The number of pyridine rings is 3. The minimum Gasteiger partial charge on any atom is -0.309 e. The maximum Gasteiger partial charge on any atom is 0.238 e. The fraction of sp³-hybridized carbons (Fsp3) is 0. The number of benzene rings is 6. The summed E-state index contributed by atoms with van der Waals surface area (Å²) >= 11 is 0. The summed E-state index contributed by atoms with van der Waals surface area (Å²) in [5.74, 6) is 1.67. The van der Waals surface area contributed by atoms with Crippen LogP contribution in [-0.2, 0) is 0 Å². The van der Waals surface area contributed by atoms with E-state index in [0.29, 0.717) is 17.6 Å². The van der Waals surface area contributed by atoms with Crippen molar-refractivity contribution in [1.29, 1.82) is 0 Å². The van der Waals surface area contributed by atoms with Crippen LogP contribution in [-0.4, -0.2) is 33.9 Å². The van der Waals surface area contributed by atoms with Crippen molar-refractivity contribution in [3.63, 3.8) is 0 Å². The van der Waals surface area contributed by atoms with Crippen molar-refractivity contribution in [3.8, 4) is 51.2 Å². The predicted molar refractivity (Wildman–Crippen MR) is 235 cm³/mol. The Morgan fingerprint density at radius 3 is 1.57 bits per heavy atom. The van der Waals surface area contributed by atoms with Crippen LogP contribution in [0.4, 0.5) is 0 Å². The third kappa shape index (κ3) is 4.97. The number of hydrogen-bond donors (Lipinski definition) is 0. The molecule has 0 saturated heterocycles. The zero-order chi connectivity index (χ0) is 38.2. The Morgan fingerprint density at radius 1 is 0.362 bits per heavy atom. The Balaban J connectivity index is 1.21. The highest BCUT2D eigenvalue weighted by Gasteiger charge is 2.23. The second-order valence-corrected chi connectivity index (χ2v) is 14.6.